The molecule has 1 saturated carbocycles. The highest BCUT2D eigenvalue weighted by molar-refractivity contribution is 7.92. The van der Waals surface area contributed by atoms with Crippen LogP contribution in [0.1, 0.15) is 40.5 Å². The third kappa shape index (κ3) is 5.38. The van der Waals surface area contributed by atoms with E-state index in [1.165, 1.54) is 0 Å². The van der Waals surface area contributed by atoms with E-state index in [2.05, 4.69) is 15.3 Å². The Morgan fingerprint density at radius 1 is 1.09 bits per heavy atom. The number of anilines is 2. The van der Waals surface area contributed by atoms with Crippen LogP contribution in [-0.2, 0) is 16.4 Å². The topological polar surface area (TPSA) is 124 Å². The second-order valence-corrected chi connectivity index (χ2v) is 13.0. The molecule has 2 aliphatic heterocycles. The van der Waals surface area contributed by atoms with Gasteiger partial charge in [0.2, 0.25) is 21.8 Å². The number of benzene rings is 1. The number of sulfone groups is 1. The van der Waals surface area contributed by atoms with E-state index in [1.807, 2.05) is 11.0 Å². The molecule has 1 fully saturated rings. The number of halogens is 4. The lowest BCUT2D eigenvalue weighted by atomic mass is 10.2. The van der Waals surface area contributed by atoms with Crippen LogP contribution in [0.25, 0.3) is 10.9 Å². The summed E-state index contributed by atoms with van der Waals surface area (Å²) in [6.45, 7) is 0.372. The Morgan fingerprint density at radius 2 is 1.93 bits per heavy atom. The second kappa shape index (κ2) is 11.1. The number of alkyl halides is 3. The molecule has 0 unspecified atom stereocenters. The molecule has 0 radical (unpaired) electrons. The molecular weight excluding hydrogens is 618 g/mol. The zero-order chi connectivity index (χ0) is 31.5. The summed E-state index contributed by atoms with van der Waals surface area (Å²) in [6.07, 6.45) is -0.896. The van der Waals surface area contributed by atoms with E-state index < -0.39 is 56.5 Å². The standard InChI is InChI=1S/C30H25F4N5O5S/c31-20-9-16(10-24-27(20)44-7-5-25(32)45(24,41)42)30(40)36-14-17-11-22-15(13-35-17)1-4-26(37-22)39-6-8-43-23-3-2-21(38-29(23)39)18-12-19(18)28(33)34/h1-4,9-11,13,18-19,25,28H,5-8,12,14H2,(H,36,40)/t18-,19-,25+/m0/s1. The quantitative estimate of drug-likeness (QED) is 0.294. The first-order valence-corrected chi connectivity index (χ1v) is 15.7. The molecule has 1 aromatic carbocycles. The number of nitrogens with zero attached hydrogens (tertiary/aromatic N) is 4. The van der Waals surface area contributed by atoms with Crippen molar-refractivity contribution in [3.05, 3.63) is 71.4 Å². The highest BCUT2D eigenvalue weighted by Gasteiger charge is 2.46. The molecule has 234 valence electrons. The zero-order valence-corrected chi connectivity index (χ0v) is 24.2. The summed E-state index contributed by atoms with van der Waals surface area (Å²) in [5, 5.41) is 3.29. The maximum Gasteiger partial charge on any atom is 0.251 e. The van der Waals surface area contributed by atoms with Crippen molar-refractivity contribution >= 4 is 38.3 Å². The van der Waals surface area contributed by atoms with Crippen LogP contribution in [-0.4, -0.2) is 61.0 Å². The Hall–Kier alpha value is -4.53. The number of nitrogens with one attached hydrogen (secondary N) is 1. The summed E-state index contributed by atoms with van der Waals surface area (Å²) in [4.78, 5) is 27.8. The number of hydrogen-bond donors (Lipinski definition) is 1. The normalized spacial score (nSPS) is 21.7. The number of ether oxygens (including phenoxy) is 2. The highest BCUT2D eigenvalue weighted by atomic mass is 32.2. The van der Waals surface area contributed by atoms with Crippen LogP contribution in [0, 0.1) is 11.7 Å². The van der Waals surface area contributed by atoms with E-state index in [9.17, 15) is 30.8 Å². The molecule has 0 saturated heterocycles. The van der Waals surface area contributed by atoms with Gasteiger partial charge in [-0.25, -0.2) is 35.9 Å². The molecule has 10 nitrogen and oxygen atoms in total. The van der Waals surface area contributed by atoms with E-state index >= 15 is 0 Å². The van der Waals surface area contributed by atoms with Crippen LogP contribution in [0.2, 0.25) is 0 Å². The average Bonchev–Trinajstić information content (AvgIpc) is 3.85. The second-order valence-electron chi connectivity index (χ2n) is 11.0. The minimum Gasteiger partial charge on any atom is -0.489 e. The first-order chi connectivity index (χ1) is 21.6. The van der Waals surface area contributed by atoms with Gasteiger partial charge in [-0.3, -0.25) is 9.78 Å². The van der Waals surface area contributed by atoms with Gasteiger partial charge in [0, 0.05) is 41.1 Å². The third-order valence-electron chi connectivity index (χ3n) is 8.06. The summed E-state index contributed by atoms with van der Waals surface area (Å²) >= 11 is 0. The summed E-state index contributed by atoms with van der Waals surface area (Å²) < 4.78 is 91.2. The summed E-state index contributed by atoms with van der Waals surface area (Å²) in [6, 6.07) is 10.5. The monoisotopic (exact) mass is 643 g/mol. The maximum absolute atomic E-state index is 14.7. The van der Waals surface area contributed by atoms with E-state index in [1.54, 1.807) is 30.5 Å². The fourth-order valence-corrected chi connectivity index (χ4v) is 6.92. The number of fused-ring (bicyclic) bond motifs is 3. The first kappa shape index (κ1) is 29.2. The molecule has 3 aliphatic rings. The number of carbonyl (C=O) groups excluding carboxylic acids is 1. The van der Waals surface area contributed by atoms with Crippen LogP contribution in [0.3, 0.4) is 0 Å². The lowest BCUT2D eigenvalue weighted by Crippen LogP contribution is -2.30. The molecule has 45 heavy (non-hydrogen) atoms. The molecule has 1 N–H and O–H groups in total. The van der Waals surface area contributed by atoms with Crippen molar-refractivity contribution < 1.29 is 40.2 Å². The number of carbonyl (C=O) groups is 1. The van der Waals surface area contributed by atoms with Crippen LogP contribution in [0.5, 0.6) is 11.5 Å². The number of amides is 1. The van der Waals surface area contributed by atoms with Gasteiger partial charge in [-0.2, -0.15) is 0 Å². The molecular formula is C30H25F4N5O5S. The van der Waals surface area contributed by atoms with Crippen molar-refractivity contribution in [2.24, 2.45) is 5.92 Å². The van der Waals surface area contributed by atoms with E-state index in [4.69, 9.17) is 14.5 Å². The third-order valence-corrected chi connectivity index (χ3v) is 9.89. The Morgan fingerprint density at radius 3 is 2.73 bits per heavy atom. The van der Waals surface area contributed by atoms with Crippen LogP contribution in [0.4, 0.5) is 29.2 Å². The van der Waals surface area contributed by atoms with Gasteiger partial charge in [0.1, 0.15) is 17.3 Å². The van der Waals surface area contributed by atoms with Crippen molar-refractivity contribution in [1.29, 1.82) is 0 Å². The smallest absolute Gasteiger partial charge is 0.251 e. The number of rotatable bonds is 6. The molecule has 0 spiro atoms. The Bertz CT molecular complexity index is 1950. The van der Waals surface area contributed by atoms with Gasteiger partial charge < -0.3 is 19.7 Å². The van der Waals surface area contributed by atoms with E-state index in [0.717, 1.165) is 12.1 Å². The minimum absolute atomic E-state index is 0.105. The van der Waals surface area contributed by atoms with Gasteiger partial charge in [-0.05, 0) is 48.9 Å². The van der Waals surface area contributed by atoms with Crippen molar-refractivity contribution in [1.82, 2.24) is 20.3 Å². The number of pyridine rings is 3. The Balaban J connectivity index is 1.11. The molecule has 7 rings (SSSR count). The molecule has 3 aromatic heterocycles. The lowest BCUT2D eigenvalue weighted by molar-refractivity contribution is 0.0949. The largest absolute Gasteiger partial charge is 0.489 e. The van der Waals surface area contributed by atoms with E-state index in [0.29, 0.717) is 59.2 Å². The van der Waals surface area contributed by atoms with Gasteiger partial charge in [0.05, 0.1) is 30.9 Å². The SMILES string of the molecule is O=C(NCc1cc2nc(N3CCOc4ccc([C@H]5C[C@@H]5C(F)F)nc43)ccc2cn1)c1cc(F)c2c(c1)S(=O)(=O)[C@@H](F)CCO2. The van der Waals surface area contributed by atoms with Gasteiger partial charge in [-0.1, -0.05) is 0 Å². The summed E-state index contributed by atoms with van der Waals surface area (Å²) in [5.74, 6) is -1.92. The van der Waals surface area contributed by atoms with Crippen molar-refractivity contribution in [3.8, 4) is 11.5 Å². The molecule has 1 aliphatic carbocycles. The molecule has 3 atom stereocenters. The number of hydrogen-bond acceptors (Lipinski definition) is 9. The predicted molar refractivity (Wildman–Crippen MR) is 153 cm³/mol. The fraction of sp³-hybridized carbons (Fsp3) is 0.333. The molecule has 5 heterocycles. The van der Waals surface area contributed by atoms with E-state index in [-0.39, 0.29) is 24.6 Å². The molecule has 0 bridgehead atoms. The zero-order valence-electron chi connectivity index (χ0n) is 23.4. The van der Waals surface area contributed by atoms with Gasteiger partial charge in [0.15, 0.2) is 23.1 Å². The van der Waals surface area contributed by atoms with Crippen LogP contribution < -0.4 is 19.7 Å². The highest BCUT2D eigenvalue weighted by Crippen LogP contribution is 2.51. The van der Waals surface area contributed by atoms with Crippen LogP contribution in [0.15, 0.2) is 53.6 Å². The Labute approximate surface area is 254 Å². The lowest BCUT2D eigenvalue weighted by Gasteiger charge is -2.29. The van der Waals surface area contributed by atoms with Crippen molar-refractivity contribution in [2.75, 3.05) is 24.7 Å². The molecule has 4 aromatic rings. The molecule has 15 heteroatoms. The van der Waals surface area contributed by atoms with Gasteiger partial charge in [-0.15, -0.1) is 0 Å². The predicted octanol–water partition coefficient (Wildman–Crippen LogP) is 4.84. The van der Waals surface area contributed by atoms with Gasteiger partial charge in [0.25, 0.3) is 5.91 Å². The summed E-state index contributed by atoms with van der Waals surface area (Å²) in [7, 11) is -4.55. The van der Waals surface area contributed by atoms with Crippen molar-refractivity contribution in [2.45, 2.75) is 42.1 Å². The minimum atomic E-state index is -4.55. The fourth-order valence-electron chi connectivity index (χ4n) is 5.54. The summed E-state index contributed by atoms with van der Waals surface area (Å²) in [5.41, 5.74) is -1.07. The Kier molecular flexibility index (Phi) is 7.22. The molecule has 1 amide bonds. The van der Waals surface area contributed by atoms with Crippen LogP contribution >= 0.6 is 0 Å². The van der Waals surface area contributed by atoms with Gasteiger partial charge >= 0.3 is 0 Å². The first-order valence-electron chi connectivity index (χ1n) is 14.2. The van der Waals surface area contributed by atoms with Crippen molar-refractivity contribution in [3.63, 3.8) is 0 Å². The number of aromatic nitrogens is 3. The maximum atomic E-state index is 14.7. The average molecular weight is 644 g/mol.